The highest BCUT2D eigenvalue weighted by atomic mass is 16.1. The van der Waals surface area contributed by atoms with Crippen molar-refractivity contribution >= 4 is 12.4 Å². The van der Waals surface area contributed by atoms with E-state index in [1.807, 2.05) is 18.2 Å². The van der Waals surface area contributed by atoms with Crippen molar-refractivity contribution in [2.45, 2.75) is 33.1 Å². The van der Waals surface area contributed by atoms with E-state index in [1.54, 1.807) is 0 Å². The molecule has 0 bridgehead atoms. The molecular formula is C20H22O. The van der Waals surface area contributed by atoms with E-state index in [1.165, 1.54) is 28.3 Å². The zero-order chi connectivity index (χ0) is 15.5. The monoisotopic (exact) mass is 278 g/mol. The van der Waals surface area contributed by atoms with Crippen molar-refractivity contribution in [3.05, 3.63) is 65.2 Å². The molecule has 0 fully saturated rings. The highest BCUT2D eigenvalue weighted by Crippen LogP contribution is 2.29. The summed E-state index contributed by atoms with van der Waals surface area (Å²) in [5.74, 6) is 0. The molecular weight excluding hydrogens is 256 g/mol. The van der Waals surface area contributed by atoms with Crippen molar-refractivity contribution in [1.82, 2.24) is 0 Å². The highest BCUT2D eigenvalue weighted by molar-refractivity contribution is 5.78. The predicted molar refractivity (Wildman–Crippen MR) is 90.4 cm³/mol. The van der Waals surface area contributed by atoms with Gasteiger partial charge in [0.1, 0.15) is 6.29 Å². The molecule has 0 heterocycles. The minimum Gasteiger partial charge on any atom is -0.299 e. The fourth-order valence-corrected chi connectivity index (χ4v) is 2.44. The summed E-state index contributed by atoms with van der Waals surface area (Å²) in [7, 11) is 0. The lowest BCUT2D eigenvalue weighted by Gasteiger charge is -2.19. The van der Waals surface area contributed by atoms with Crippen LogP contribution in [0.2, 0.25) is 0 Å². The molecule has 0 saturated carbocycles. The van der Waals surface area contributed by atoms with Gasteiger partial charge in [-0.25, -0.2) is 0 Å². The molecule has 0 aromatic heterocycles. The first kappa shape index (κ1) is 15.2. The Kier molecular flexibility index (Phi) is 4.42. The summed E-state index contributed by atoms with van der Waals surface area (Å²) >= 11 is 0. The van der Waals surface area contributed by atoms with Gasteiger partial charge in [-0.3, -0.25) is 4.79 Å². The van der Waals surface area contributed by atoms with Crippen LogP contribution in [0, 0.1) is 6.92 Å². The smallest absolute Gasteiger partial charge is 0.142 e. The molecule has 0 atom stereocenters. The lowest BCUT2D eigenvalue weighted by Crippen LogP contribution is -2.10. The van der Waals surface area contributed by atoms with E-state index in [-0.39, 0.29) is 5.41 Å². The Balaban J connectivity index is 2.43. The molecule has 21 heavy (non-hydrogen) atoms. The molecule has 2 aromatic rings. The van der Waals surface area contributed by atoms with Crippen molar-refractivity contribution in [2.75, 3.05) is 0 Å². The third-order valence-corrected chi connectivity index (χ3v) is 3.79. The second-order valence-corrected chi connectivity index (χ2v) is 6.34. The number of hydrogen-bond donors (Lipinski definition) is 0. The number of rotatable bonds is 3. The van der Waals surface area contributed by atoms with E-state index in [2.05, 4.69) is 58.0 Å². The molecule has 0 saturated heterocycles. The minimum absolute atomic E-state index is 0.169. The zero-order valence-corrected chi connectivity index (χ0v) is 13.2. The van der Waals surface area contributed by atoms with E-state index >= 15 is 0 Å². The maximum absolute atomic E-state index is 10.5. The first-order valence-corrected chi connectivity index (χ1v) is 7.26. The van der Waals surface area contributed by atoms with E-state index in [0.717, 1.165) is 11.8 Å². The van der Waals surface area contributed by atoms with Crippen LogP contribution in [0.3, 0.4) is 0 Å². The molecule has 0 N–H and O–H groups in total. The maximum Gasteiger partial charge on any atom is 0.142 e. The van der Waals surface area contributed by atoms with Crippen LogP contribution < -0.4 is 0 Å². The van der Waals surface area contributed by atoms with Crippen LogP contribution in [0.1, 0.15) is 37.5 Å². The van der Waals surface area contributed by atoms with Crippen LogP contribution in [-0.4, -0.2) is 6.29 Å². The Bertz CT molecular complexity index is 655. The van der Waals surface area contributed by atoms with E-state index in [9.17, 15) is 4.79 Å². The molecule has 0 amide bonds. The van der Waals surface area contributed by atoms with Crippen molar-refractivity contribution < 1.29 is 4.79 Å². The van der Waals surface area contributed by atoms with Gasteiger partial charge < -0.3 is 0 Å². The van der Waals surface area contributed by atoms with Gasteiger partial charge in [-0.1, -0.05) is 69.3 Å². The SMILES string of the molecule is Cc1c(/C=C/C=O)cccc1-c1ccc(C(C)(C)C)cc1. The third kappa shape index (κ3) is 3.49. The standard InChI is InChI=1S/C20H22O/c1-15-16(8-6-14-21)7-5-9-19(15)17-10-12-18(13-11-17)20(2,3)4/h5-14H,1-4H3/b8-6+. The summed E-state index contributed by atoms with van der Waals surface area (Å²) in [4.78, 5) is 10.5. The second kappa shape index (κ2) is 6.09. The fourth-order valence-electron chi connectivity index (χ4n) is 2.44. The second-order valence-electron chi connectivity index (χ2n) is 6.34. The molecule has 1 nitrogen and oxygen atoms in total. The molecule has 0 aliphatic heterocycles. The Morgan fingerprint density at radius 1 is 0.952 bits per heavy atom. The van der Waals surface area contributed by atoms with E-state index in [0.29, 0.717) is 0 Å². The van der Waals surface area contributed by atoms with Crippen LogP contribution >= 0.6 is 0 Å². The Labute approximate surface area is 127 Å². The van der Waals surface area contributed by atoms with Crippen LogP contribution in [-0.2, 0) is 10.2 Å². The summed E-state index contributed by atoms with van der Waals surface area (Å²) in [5.41, 5.74) is 6.20. The number of allylic oxidation sites excluding steroid dienone is 1. The number of benzene rings is 2. The topological polar surface area (TPSA) is 17.1 Å². The van der Waals surface area contributed by atoms with Gasteiger partial charge in [0, 0.05) is 0 Å². The third-order valence-electron chi connectivity index (χ3n) is 3.79. The van der Waals surface area contributed by atoms with Crippen molar-refractivity contribution in [2.24, 2.45) is 0 Å². The van der Waals surface area contributed by atoms with Crippen LogP contribution in [0.15, 0.2) is 48.5 Å². The predicted octanol–water partition coefficient (Wildman–Crippen LogP) is 5.17. The number of carbonyl (C=O) groups excluding carboxylic acids is 1. The lowest BCUT2D eigenvalue weighted by atomic mass is 9.86. The summed E-state index contributed by atoms with van der Waals surface area (Å²) in [5, 5.41) is 0. The number of aldehydes is 1. The fraction of sp³-hybridized carbons (Fsp3) is 0.250. The Hall–Kier alpha value is -2.15. The molecule has 1 heteroatoms. The zero-order valence-electron chi connectivity index (χ0n) is 13.2. The van der Waals surface area contributed by atoms with E-state index < -0.39 is 0 Å². The van der Waals surface area contributed by atoms with Gasteiger partial charge in [-0.2, -0.15) is 0 Å². The summed E-state index contributed by atoms with van der Waals surface area (Å²) < 4.78 is 0. The highest BCUT2D eigenvalue weighted by Gasteiger charge is 2.13. The van der Waals surface area contributed by atoms with Gasteiger partial charge in [-0.05, 0) is 46.2 Å². The van der Waals surface area contributed by atoms with Crippen molar-refractivity contribution in [1.29, 1.82) is 0 Å². The molecule has 108 valence electrons. The van der Waals surface area contributed by atoms with Crippen LogP contribution in [0.5, 0.6) is 0 Å². The summed E-state index contributed by atoms with van der Waals surface area (Å²) in [6.07, 6.45) is 4.20. The van der Waals surface area contributed by atoms with Gasteiger partial charge in [0.15, 0.2) is 0 Å². The molecule has 0 spiro atoms. The number of carbonyl (C=O) groups is 1. The number of hydrogen-bond acceptors (Lipinski definition) is 1. The Morgan fingerprint density at radius 2 is 1.62 bits per heavy atom. The average molecular weight is 278 g/mol. The average Bonchev–Trinajstić information content (AvgIpc) is 2.45. The molecule has 0 aliphatic carbocycles. The van der Waals surface area contributed by atoms with Gasteiger partial charge >= 0.3 is 0 Å². The van der Waals surface area contributed by atoms with Crippen molar-refractivity contribution in [3.63, 3.8) is 0 Å². The normalized spacial score (nSPS) is 11.8. The van der Waals surface area contributed by atoms with Gasteiger partial charge in [-0.15, -0.1) is 0 Å². The van der Waals surface area contributed by atoms with E-state index in [4.69, 9.17) is 0 Å². The van der Waals surface area contributed by atoms with Crippen molar-refractivity contribution in [3.8, 4) is 11.1 Å². The minimum atomic E-state index is 0.169. The maximum atomic E-state index is 10.5. The van der Waals surface area contributed by atoms with Crippen LogP contribution in [0.25, 0.3) is 17.2 Å². The summed E-state index contributed by atoms with van der Waals surface area (Å²) in [6.45, 7) is 8.76. The molecule has 2 aromatic carbocycles. The first-order valence-electron chi connectivity index (χ1n) is 7.26. The van der Waals surface area contributed by atoms with Gasteiger partial charge in [0.05, 0.1) is 0 Å². The largest absolute Gasteiger partial charge is 0.299 e. The lowest BCUT2D eigenvalue weighted by molar-refractivity contribution is -0.104. The quantitative estimate of drug-likeness (QED) is 0.559. The van der Waals surface area contributed by atoms with Gasteiger partial charge in [0.2, 0.25) is 0 Å². The summed E-state index contributed by atoms with van der Waals surface area (Å²) in [6, 6.07) is 14.9. The van der Waals surface area contributed by atoms with Crippen LogP contribution in [0.4, 0.5) is 0 Å². The van der Waals surface area contributed by atoms with Gasteiger partial charge in [0.25, 0.3) is 0 Å². The molecule has 0 aliphatic rings. The Morgan fingerprint density at radius 3 is 2.19 bits per heavy atom. The molecule has 2 rings (SSSR count). The molecule has 0 unspecified atom stereocenters. The first-order chi connectivity index (χ1) is 9.93. The molecule has 0 radical (unpaired) electrons.